The number of aryl methyl sites for hydroxylation is 1. The molecule has 3 aromatic rings. The summed E-state index contributed by atoms with van der Waals surface area (Å²) in [6.45, 7) is 6.30. The van der Waals surface area contributed by atoms with Gasteiger partial charge in [0.15, 0.2) is 0 Å². The fourth-order valence-corrected chi connectivity index (χ4v) is 3.83. The Bertz CT molecular complexity index is 1080. The van der Waals surface area contributed by atoms with Crippen LogP contribution in [0.5, 0.6) is 0 Å². The zero-order valence-electron chi connectivity index (χ0n) is 16.3. The van der Waals surface area contributed by atoms with Crippen molar-refractivity contribution in [3.8, 4) is 5.69 Å². The van der Waals surface area contributed by atoms with Crippen LogP contribution < -0.4 is 11.5 Å². The second-order valence-electron chi connectivity index (χ2n) is 8.15. The van der Waals surface area contributed by atoms with E-state index in [1.807, 2.05) is 31.6 Å². The lowest BCUT2D eigenvalue weighted by atomic mass is 9.80. The summed E-state index contributed by atoms with van der Waals surface area (Å²) in [5.74, 6) is -0.318. The molecular formula is C20H25N7O. The molecule has 1 aliphatic rings. The van der Waals surface area contributed by atoms with Gasteiger partial charge in [-0.3, -0.25) is 9.79 Å². The molecular weight excluding hydrogens is 354 g/mol. The molecule has 28 heavy (non-hydrogen) atoms. The minimum Gasteiger partial charge on any atom is -0.365 e. The van der Waals surface area contributed by atoms with Crippen molar-refractivity contribution in [2.45, 2.75) is 39.7 Å². The SMILES string of the molecule is Cc1cnn(-c2cc3c(N=CC4CCC(N)C4(C)C)c(C(N)=O)cnn3c2)c1. The zero-order valence-corrected chi connectivity index (χ0v) is 16.3. The summed E-state index contributed by atoms with van der Waals surface area (Å²) in [4.78, 5) is 16.7. The summed E-state index contributed by atoms with van der Waals surface area (Å²) in [5.41, 5.74) is 15.2. The van der Waals surface area contributed by atoms with Crippen molar-refractivity contribution in [3.63, 3.8) is 0 Å². The number of carbonyl (C=O) groups excluding carboxylic acids is 1. The fourth-order valence-electron chi connectivity index (χ4n) is 3.83. The first kappa shape index (κ1) is 18.4. The maximum Gasteiger partial charge on any atom is 0.252 e. The average molecular weight is 379 g/mol. The molecule has 3 heterocycles. The van der Waals surface area contributed by atoms with Crippen molar-refractivity contribution in [2.75, 3.05) is 0 Å². The average Bonchev–Trinajstić information content (AvgIpc) is 3.32. The van der Waals surface area contributed by atoms with Crippen LogP contribution in [0.25, 0.3) is 11.2 Å². The van der Waals surface area contributed by atoms with E-state index < -0.39 is 5.91 Å². The number of hydrogen-bond donors (Lipinski definition) is 2. The Morgan fingerprint density at radius 2 is 2.07 bits per heavy atom. The molecule has 0 bridgehead atoms. The lowest BCUT2D eigenvalue weighted by molar-refractivity contribution is 0.100. The van der Waals surface area contributed by atoms with Gasteiger partial charge < -0.3 is 11.5 Å². The highest BCUT2D eigenvalue weighted by molar-refractivity contribution is 6.01. The molecule has 0 radical (unpaired) electrons. The number of nitrogens with zero attached hydrogens (tertiary/aromatic N) is 5. The van der Waals surface area contributed by atoms with E-state index in [4.69, 9.17) is 16.5 Å². The first-order chi connectivity index (χ1) is 13.3. The van der Waals surface area contributed by atoms with Gasteiger partial charge in [-0.25, -0.2) is 9.20 Å². The van der Waals surface area contributed by atoms with E-state index >= 15 is 0 Å². The topological polar surface area (TPSA) is 117 Å². The number of primary amides is 1. The van der Waals surface area contributed by atoms with Gasteiger partial charge in [-0.05, 0) is 36.8 Å². The molecule has 2 atom stereocenters. The number of fused-ring (bicyclic) bond motifs is 1. The molecule has 2 unspecified atom stereocenters. The van der Waals surface area contributed by atoms with Crippen LogP contribution in [0.3, 0.4) is 0 Å². The van der Waals surface area contributed by atoms with Crippen LogP contribution in [0.1, 0.15) is 42.6 Å². The van der Waals surface area contributed by atoms with Crippen LogP contribution in [0.15, 0.2) is 35.8 Å². The molecule has 1 amide bonds. The molecule has 0 aliphatic heterocycles. The van der Waals surface area contributed by atoms with Crippen molar-refractivity contribution in [3.05, 3.63) is 42.0 Å². The molecule has 1 aliphatic carbocycles. The Morgan fingerprint density at radius 3 is 2.68 bits per heavy atom. The summed E-state index contributed by atoms with van der Waals surface area (Å²) < 4.78 is 3.46. The van der Waals surface area contributed by atoms with Crippen molar-refractivity contribution >= 4 is 23.3 Å². The number of carbonyl (C=O) groups is 1. The lowest BCUT2D eigenvalue weighted by Crippen LogP contribution is -2.36. The van der Waals surface area contributed by atoms with Gasteiger partial charge in [0.25, 0.3) is 5.91 Å². The molecule has 146 valence electrons. The third-order valence-corrected chi connectivity index (χ3v) is 5.92. The third kappa shape index (κ3) is 2.99. The molecule has 4 rings (SSSR count). The molecule has 1 saturated carbocycles. The standard InChI is InChI=1S/C20H25N7O/c1-12-7-24-26(10-12)14-6-16-18(15(19(22)28)9-25-27(16)11-14)23-8-13-4-5-17(21)20(13,2)3/h6-11,13,17H,4-5,21H2,1-3H3,(H2,22,28). The first-order valence-corrected chi connectivity index (χ1v) is 9.40. The van der Waals surface area contributed by atoms with Gasteiger partial charge in [0.2, 0.25) is 0 Å². The van der Waals surface area contributed by atoms with E-state index in [2.05, 4.69) is 24.0 Å². The van der Waals surface area contributed by atoms with Gasteiger partial charge in [-0.15, -0.1) is 0 Å². The quantitative estimate of drug-likeness (QED) is 0.677. The van der Waals surface area contributed by atoms with Crippen molar-refractivity contribution < 1.29 is 4.79 Å². The van der Waals surface area contributed by atoms with Crippen LogP contribution in [0.4, 0.5) is 5.69 Å². The molecule has 8 heteroatoms. The highest BCUT2D eigenvalue weighted by Crippen LogP contribution is 2.41. The smallest absolute Gasteiger partial charge is 0.252 e. The molecule has 8 nitrogen and oxygen atoms in total. The maximum absolute atomic E-state index is 12.0. The van der Waals surface area contributed by atoms with Gasteiger partial charge in [-0.1, -0.05) is 13.8 Å². The van der Waals surface area contributed by atoms with Crippen LogP contribution in [0, 0.1) is 18.3 Å². The number of nitrogens with two attached hydrogens (primary N) is 2. The van der Waals surface area contributed by atoms with Crippen molar-refractivity contribution in [1.29, 1.82) is 0 Å². The zero-order chi connectivity index (χ0) is 20.1. The van der Waals surface area contributed by atoms with Gasteiger partial charge in [0, 0.05) is 24.4 Å². The van der Waals surface area contributed by atoms with Crippen molar-refractivity contribution in [1.82, 2.24) is 19.4 Å². The normalized spacial score (nSPS) is 21.7. The van der Waals surface area contributed by atoms with Crippen LogP contribution >= 0.6 is 0 Å². The summed E-state index contributed by atoms with van der Waals surface area (Å²) >= 11 is 0. The van der Waals surface area contributed by atoms with E-state index in [1.54, 1.807) is 15.4 Å². The minimum atomic E-state index is -0.554. The number of amides is 1. The second kappa shape index (κ2) is 6.56. The Hall–Kier alpha value is -3.00. The Kier molecular flexibility index (Phi) is 4.30. The van der Waals surface area contributed by atoms with E-state index in [0.29, 0.717) is 16.8 Å². The van der Waals surface area contributed by atoms with Gasteiger partial charge in [-0.2, -0.15) is 10.2 Å². The molecule has 4 N–H and O–H groups in total. The second-order valence-corrected chi connectivity index (χ2v) is 8.15. The number of aromatic nitrogens is 4. The largest absolute Gasteiger partial charge is 0.365 e. The molecule has 1 fully saturated rings. The Morgan fingerprint density at radius 1 is 1.29 bits per heavy atom. The number of hydrogen-bond acceptors (Lipinski definition) is 5. The van der Waals surface area contributed by atoms with Crippen LogP contribution in [-0.2, 0) is 0 Å². The number of rotatable bonds is 4. The summed E-state index contributed by atoms with van der Waals surface area (Å²) in [7, 11) is 0. The lowest BCUT2D eigenvalue weighted by Gasteiger charge is -2.28. The third-order valence-electron chi connectivity index (χ3n) is 5.92. The monoisotopic (exact) mass is 379 g/mol. The van der Waals surface area contributed by atoms with Crippen LogP contribution in [0.2, 0.25) is 0 Å². The summed E-state index contributed by atoms with van der Waals surface area (Å²) in [5, 5.41) is 8.65. The molecule has 0 spiro atoms. The Balaban J connectivity index is 1.81. The molecule has 0 saturated heterocycles. The predicted molar refractivity (Wildman–Crippen MR) is 108 cm³/mol. The van der Waals surface area contributed by atoms with Gasteiger partial charge in [0.1, 0.15) is 5.69 Å². The fraction of sp³-hybridized carbons (Fsp3) is 0.400. The van der Waals surface area contributed by atoms with Gasteiger partial charge in [0.05, 0.1) is 35.4 Å². The summed E-state index contributed by atoms with van der Waals surface area (Å²) in [6, 6.07) is 2.05. The van der Waals surface area contributed by atoms with E-state index in [1.165, 1.54) is 6.20 Å². The highest BCUT2D eigenvalue weighted by Gasteiger charge is 2.40. The Labute approximate surface area is 163 Å². The minimum absolute atomic E-state index is 0.0422. The summed E-state index contributed by atoms with van der Waals surface area (Å²) in [6.07, 6.45) is 10.9. The predicted octanol–water partition coefficient (Wildman–Crippen LogP) is 2.39. The van der Waals surface area contributed by atoms with E-state index in [9.17, 15) is 4.79 Å². The van der Waals surface area contributed by atoms with Crippen LogP contribution in [-0.4, -0.2) is 37.6 Å². The van der Waals surface area contributed by atoms with Crippen molar-refractivity contribution in [2.24, 2.45) is 27.8 Å². The first-order valence-electron chi connectivity index (χ1n) is 9.40. The van der Waals surface area contributed by atoms with Gasteiger partial charge >= 0.3 is 0 Å². The number of aliphatic imine (C=N–C) groups is 1. The molecule has 3 aromatic heterocycles. The highest BCUT2D eigenvalue weighted by atomic mass is 16.1. The maximum atomic E-state index is 12.0. The molecule has 0 aromatic carbocycles. The van der Waals surface area contributed by atoms with E-state index in [0.717, 1.165) is 24.1 Å². The van der Waals surface area contributed by atoms with E-state index in [-0.39, 0.29) is 17.4 Å².